The van der Waals surface area contributed by atoms with Crippen molar-refractivity contribution in [1.82, 2.24) is 14.6 Å². The van der Waals surface area contributed by atoms with Gasteiger partial charge < -0.3 is 0 Å². The summed E-state index contributed by atoms with van der Waals surface area (Å²) in [5, 5.41) is 8.67. The lowest BCUT2D eigenvalue weighted by atomic mass is 10.1. The van der Waals surface area contributed by atoms with Gasteiger partial charge in [-0.15, -0.1) is 10.2 Å². The molecule has 0 aliphatic rings. The summed E-state index contributed by atoms with van der Waals surface area (Å²) in [6.07, 6.45) is 4.61. The maximum Gasteiger partial charge on any atom is 0.216 e. The first kappa shape index (κ1) is 15.5. The van der Waals surface area contributed by atoms with Gasteiger partial charge in [0, 0.05) is 12.6 Å². The summed E-state index contributed by atoms with van der Waals surface area (Å²) in [4.78, 5) is 6.10. The van der Waals surface area contributed by atoms with Crippen LogP contribution in [0.25, 0.3) is 21.5 Å². The Morgan fingerprint density at radius 2 is 1.96 bits per heavy atom. The molecule has 0 fully saturated rings. The zero-order valence-electron chi connectivity index (χ0n) is 13.6. The standard InChI is InChI=1S/C20H16N4S/c1-3-15-11-14(9-10-17(15)21-2)12-19-22-23-20-24(19)13-18(25-20)16-7-5-4-6-8-16/h3-11,13H,1-2,12H2. The van der Waals surface area contributed by atoms with Crippen molar-refractivity contribution >= 4 is 34.8 Å². The van der Waals surface area contributed by atoms with Gasteiger partial charge in [-0.05, 0) is 35.5 Å². The number of rotatable bonds is 5. The molecule has 0 radical (unpaired) electrons. The molecule has 4 rings (SSSR count). The van der Waals surface area contributed by atoms with Crippen LogP contribution in [0, 0.1) is 0 Å². The summed E-state index contributed by atoms with van der Waals surface area (Å²) in [5.41, 5.74) is 4.15. The smallest absolute Gasteiger partial charge is 0.216 e. The fraction of sp³-hybridized carbons (Fsp3) is 0.0500. The van der Waals surface area contributed by atoms with Crippen LogP contribution >= 0.6 is 11.3 Å². The zero-order valence-corrected chi connectivity index (χ0v) is 14.4. The summed E-state index contributed by atoms with van der Waals surface area (Å²) >= 11 is 1.65. The normalized spacial score (nSPS) is 10.9. The summed E-state index contributed by atoms with van der Waals surface area (Å²) in [5.74, 6) is 0.919. The van der Waals surface area contributed by atoms with Crippen molar-refractivity contribution < 1.29 is 0 Å². The van der Waals surface area contributed by atoms with Crippen LogP contribution in [0.15, 0.2) is 66.3 Å². The van der Waals surface area contributed by atoms with E-state index in [9.17, 15) is 0 Å². The zero-order chi connectivity index (χ0) is 17.2. The summed E-state index contributed by atoms with van der Waals surface area (Å²) in [6, 6.07) is 16.4. The third kappa shape index (κ3) is 2.90. The van der Waals surface area contributed by atoms with Gasteiger partial charge in [0.1, 0.15) is 5.82 Å². The Bertz CT molecular complexity index is 1060. The minimum absolute atomic E-state index is 0.699. The van der Waals surface area contributed by atoms with E-state index >= 15 is 0 Å². The predicted octanol–water partition coefficient (Wildman–Crippen LogP) is 5.02. The molecule has 122 valence electrons. The molecule has 0 unspecified atom stereocenters. The number of hydrogen-bond donors (Lipinski definition) is 0. The topological polar surface area (TPSA) is 42.5 Å². The molecule has 2 aromatic heterocycles. The van der Waals surface area contributed by atoms with Gasteiger partial charge in [0.25, 0.3) is 0 Å². The third-order valence-electron chi connectivity index (χ3n) is 4.09. The van der Waals surface area contributed by atoms with Crippen LogP contribution in [0.4, 0.5) is 5.69 Å². The van der Waals surface area contributed by atoms with Crippen LogP contribution in [0.2, 0.25) is 0 Å². The second-order valence-electron chi connectivity index (χ2n) is 5.66. The lowest BCUT2D eigenvalue weighted by molar-refractivity contribution is 0.936. The van der Waals surface area contributed by atoms with Gasteiger partial charge in [-0.25, -0.2) is 0 Å². The summed E-state index contributed by atoms with van der Waals surface area (Å²) < 4.78 is 2.07. The number of nitrogens with zero attached hydrogens (tertiary/aromatic N) is 4. The third-order valence-corrected chi connectivity index (χ3v) is 5.11. The Kier molecular flexibility index (Phi) is 3.99. The van der Waals surface area contributed by atoms with Gasteiger partial charge in [-0.2, -0.15) is 0 Å². The highest BCUT2D eigenvalue weighted by atomic mass is 32.1. The number of aliphatic imine (C=N–C) groups is 1. The molecule has 25 heavy (non-hydrogen) atoms. The first-order chi connectivity index (χ1) is 12.3. The molecule has 2 heterocycles. The van der Waals surface area contributed by atoms with Gasteiger partial charge in [-0.3, -0.25) is 9.39 Å². The number of hydrogen-bond acceptors (Lipinski definition) is 4. The number of benzene rings is 2. The molecule has 0 saturated heterocycles. The second kappa shape index (κ2) is 6.45. The average molecular weight is 344 g/mol. The van der Waals surface area contributed by atoms with Crippen molar-refractivity contribution in [1.29, 1.82) is 0 Å². The van der Waals surface area contributed by atoms with E-state index in [2.05, 4.69) is 57.3 Å². The lowest BCUT2D eigenvalue weighted by Crippen LogP contribution is -1.95. The van der Waals surface area contributed by atoms with Gasteiger partial charge in [0.15, 0.2) is 0 Å². The predicted molar refractivity (Wildman–Crippen MR) is 105 cm³/mol. The molecule has 0 spiro atoms. The second-order valence-corrected chi connectivity index (χ2v) is 6.67. The minimum Gasteiger partial charge on any atom is -0.276 e. The van der Waals surface area contributed by atoms with Crippen LogP contribution < -0.4 is 0 Å². The van der Waals surface area contributed by atoms with Crippen molar-refractivity contribution in [3.8, 4) is 10.4 Å². The molecule has 0 bridgehead atoms. The van der Waals surface area contributed by atoms with E-state index in [1.165, 1.54) is 10.4 Å². The highest BCUT2D eigenvalue weighted by Crippen LogP contribution is 2.29. The molecule has 0 aliphatic carbocycles. The Hall–Kier alpha value is -3.05. The quantitative estimate of drug-likeness (QED) is 0.477. The van der Waals surface area contributed by atoms with E-state index in [0.29, 0.717) is 6.42 Å². The molecule has 0 saturated carbocycles. The maximum atomic E-state index is 4.35. The number of fused-ring (bicyclic) bond motifs is 1. The number of thiazole rings is 1. The van der Waals surface area contributed by atoms with Crippen molar-refractivity contribution in [2.75, 3.05) is 0 Å². The highest BCUT2D eigenvalue weighted by Gasteiger charge is 2.12. The van der Waals surface area contributed by atoms with Crippen molar-refractivity contribution in [3.63, 3.8) is 0 Å². The Labute approximate surface area is 149 Å². The van der Waals surface area contributed by atoms with Crippen LogP contribution in [0.3, 0.4) is 0 Å². The van der Waals surface area contributed by atoms with E-state index < -0.39 is 0 Å². The molecule has 5 heteroatoms. The fourth-order valence-electron chi connectivity index (χ4n) is 2.81. The first-order valence-corrected chi connectivity index (χ1v) is 8.71. The van der Waals surface area contributed by atoms with Gasteiger partial charge >= 0.3 is 0 Å². The Balaban J connectivity index is 1.69. The van der Waals surface area contributed by atoms with Crippen LogP contribution in [0.5, 0.6) is 0 Å². The first-order valence-electron chi connectivity index (χ1n) is 7.89. The molecule has 4 aromatic rings. The molecular weight excluding hydrogens is 328 g/mol. The van der Waals surface area contributed by atoms with Crippen LogP contribution in [0.1, 0.15) is 17.0 Å². The molecule has 0 amide bonds. The van der Waals surface area contributed by atoms with Crippen LogP contribution in [-0.4, -0.2) is 21.3 Å². The molecule has 0 atom stereocenters. The number of aromatic nitrogens is 3. The van der Waals surface area contributed by atoms with Crippen molar-refractivity contribution in [3.05, 3.63) is 78.3 Å². The van der Waals surface area contributed by atoms with Gasteiger partial charge in [0.05, 0.1) is 10.6 Å². The van der Waals surface area contributed by atoms with E-state index in [1.807, 2.05) is 30.3 Å². The van der Waals surface area contributed by atoms with E-state index in [1.54, 1.807) is 17.4 Å². The van der Waals surface area contributed by atoms with E-state index in [-0.39, 0.29) is 0 Å². The van der Waals surface area contributed by atoms with E-state index in [4.69, 9.17) is 0 Å². The average Bonchev–Trinajstić information content (AvgIpc) is 3.24. The van der Waals surface area contributed by atoms with Gasteiger partial charge in [-0.1, -0.05) is 60.4 Å². The van der Waals surface area contributed by atoms with Crippen molar-refractivity contribution in [2.24, 2.45) is 4.99 Å². The summed E-state index contributed by atoms with van der Waals surface area (Å²) in [6.45, 7) is 7.44. The maximum absolute atomic E-state index is 4.35. The molecule has 2 aromatic carbocycles. The minimum atomic E-state index is 0.699. The van der Waals surface area contributed by atoms with E-state index in [0.717, 1.165) is 27.6 Å². The molecule has 0 N–H and O–H groups in total. The molecular formula is C20H16N4S. The van der Waals surface area contributed by atoms with Crippen molar-refractivity contribution in [2.45, 2.75) is 6.42 Å². The Morgan fingerprint density at radius 3 is 2.72 bits per heavy atom. The SMILES string of the molecule is C=Cc1cc(Cc2nnc3sc(-c4ccccc4)cn23)ccc1N=C. The monoisotopic (exact) mass is 344 g/mol. The highest BCUT2D eigenvalue weighted by molar-refractivity contribution is 7.20. The Morgan fingerprint density at radius 1 is 1.12 bits per heavy atom. The molecule has 4 nitrogen and oxygen atoms in total. The largest absolute Gasteiger partial charge is 0.276 e. The fourth-order valence-corrected chi connectivity index (χ4v) is 3.76. The summed E-state index contributed by atoms with van der Waals surface area (Å²) in [7, 11) is 0. The molecule has 0 aliphatic heterocycles. The van der Waals surface area contributed by atoms with Gasteiger partial charge in [0.2, 0.25) is 4.96 Å². The lowest BCUT2D eigenvalue weighted by Gasteiger charge is -2.04. The van der Waals surface area contributed by atoms with Crippen LogP contribution in [-0.2, 0) is 6.42 Å².